The van der Waals surface area contributed by atoms with E-state index in [0.717, 1.165) is 44.1 Å². The first kappa shape index (κ1) is 18.2. The molecular formula is C22H28N2O3. The summed E-state index contributed by atoms with van der Waals surface area (Å²) in [5.41, 5.74) is 0.808. The summed E-state index contributed by atoms with van der Waals surface area (Å²) in [6.07, 6.45) is 8.31. The lowest BCUT2D eigenvalue weighted by Crippen LogP contribution is -2.69. The highest BCUT2D eigenvalue weighted by molar-refractivity contribution is 6.09. The summed E-state index contributed by atoms with van der Waals surface area (Å²) in [4.78, 5) is 42.9. The van der Waals surface area contributed by atoms with Gasteiger partial charge in [-0.25, -0.2) is 0 Å². The predicted molar refractivity (Wildman–Crippen MR) is 102 cm³/mol. The van der Waals surface area contributed by atoms with Gasteiger partial charge in [0.15, 0.2) is 0 Å². The molecule has 1 aromatic rings. The lowest BCUT2D eigenvalue weighted by Gasteiger charge is -2.49. The largest absolute Gasteiger partial charge is 0.315 e. The molecule has 1 spiro atoms. The molecule has 0 N–H and O–H groups in total. The molecule has 0 atom stereocenters. The topological polar surface area (TPSA) is 57.7 Å². The molecule has 1 heterocycles. The highest BCUT2D eigenvalue weighted by Gasteiger charge is 2.56. The molecule has 1 aromatic carbocycles. The van der Waals surface area contributed by atoms with Crippen molar-refractivity contribution in [2.45, 2.75) is 76.3 Å². The highest BCUT2D eigenvalue weighted by atomic mass is 16.2. The van der Waals surface area contributed by atoms with Crippen LogP contribution in [0.4, 0.5) is 0 Å². The zero-order valence-corrected chi connectivity index (χ0v) is 16.1. The molecule has 3 amide bonds. The molecular weight excluding hydrogens is 340 g/mol. The Morgan fingerprint density at radius 1 is 0.963 bits per heavy atom. The third-order valence-electron chi connectivity index (χ3n) is 6.61. The summed E-state index contributed by atoms with van der Waals surface area (Å²) < 4.78 is 0. The summed E-state index contributed by atoms with van der Waals surface area (Å²) in [6, 6.07) is 7.41. The third kappa shape index (κ3) is 3.07. The van der Waals surface area contributed by atoms with E-state index in [0.29, 0.717) is 18.4 Å². The molecule has 3 aliphatic rings. The van der Waals surface area contributed by atoms with Gasteiger partial charge in [-0.15, -0.1) is 0 Å². The highest BCUT2D eigenvalue weighted by Crippen LogP contribution is 2.41. The van der Waals surface area contributed by atoms with Crippen LogP contribution in [-0.2, 0) is 9.59 Å². The van der Waals surface area contributed by atoms with E-state index in [9.17, 15) is 14.4 Å². The maximum atomic E-state index is 13.6. The quantitative estimate of drug-likeness (QED) is 0.751. The summed E-state index contributed by atoms with van der Waals surface area (Å²) in [7, 11) is 0. The number of amides is 3. The minimum Gasteiger partial charge on any atom is -0.315 e. The fourth-order valence-electron chi connectivity index (χ4n) is 5.09. The van der Waals surface area contributed by atoms with Gasteiger partial charge in [0, 0.05) is 11.6 Å². The van der Waals surface area contributed by atoms with E-state index in [4.69, 9.17) is 0 Å². The Morgan fingerprint density at radius 3 is 2.22 bits per heavy atom. The van der Waals surface area contributed by atoms with Crippen molar-refractivity contribution in [3.05, 3.63) is 35.4 Å². The number of hydrogen-bond donors (Lipinski definition) is 0. The van der Waals surface area contributed by atoms with Crippen molar-refractivity contribution in [1.82, 2.24) is 9.80 Å². The number of imide groups is 1. The lowest BCUT2D eigenvalue weighted by atomic mass is 9.86. The van der Waals surface area contributed by atoms with Gasteiger partial charge in [0.1, 0.15) is 12.1 Å². The smallest absolute Gasteiger partial charge is 0.255 e. The first-order chi connectivity index (χ1) is 13.0. The molecule has 1 aliphatic heterocycles. The maximum Gasteiger partial charge on any atom is 0.255 e. The first-order valence-electron chi connectivity index (χ1n) is 10.3. The average Bonchev–Trinajstić information content (AvgIpc) is 3.17. The van der Waals surface area contributed by atoms with E-state index in [1.165, 1.54) is 6.42 Å². The number of nitrogens with zero attached hydrogens (tertiary/aromatic N) is 2. The second-order valence-corrected chi connectivity index (χ2v) is 8.36. The number of benzene rings is 1. The Morgan fingerprint density at radius 2 is 1.59 bits per heavy atom. The molecule has 2 saturated carbocycles. The standard InChI is InChI=1S/C22H28N2O3/c1-16-9-11-17(12-10-16)20(26)23-15-19(25)24(18-7-3-2-4-8-18)21(27)22(23)13-5-6-14-22/h9-12,18H,2-8,13-15H2,1H3. The fraction of sp³-hybridized carbons (Fsp3) is 0.591. The molecule has 5 heteroatoms. The number of rotatable bonds is 2. The summed E-state index contributed by atoms with van der Waals surface area (Å²) in [6.45, 7) is 2.00. The van der Waals surface area contributed by atoms with Gasteiger partial charge in [-0.05, 0) is 44.7 Å². The van der Waals surface area contributed by atoms with Gasteiger partial charge >= 0.3 is 0 Å². The zero-order valence-electron chi connectivity index (χ0n) is 16.1. The number of hydrogen-bond acceptors (Lipinski definition) is 3. The molecule has 4 rings (SSSR count). The van der Waals surface area contributed by atoms with Crippen LogP contribution >= 0.6 is 0 Å². The summed E-state index contributed by atoms with van der Waals surface area (Å²) in [5.74, 6) is -0.518. The maximum absolute atomic E-state index is 13.6. The zero-order chi connectivity index (χ0) is 19.0. The van der Waals surface area contributed by atoms with Gasteiger partial charge in [0.05, 0.1) is 0 Å². The molecule has 2 aliphatic carbocycles. The van der Waals surface area contributed by atoms with E-state index < -0.39 is 5.54 Å². The van der Waals surface area contributed by atoms with Crippen LogP contribution < -0.4 is 0 Å². The fourth-order valence-corrected chi connectivity index (χ4v) is 5.09. The normalized spacial score (nSPS) is 23.3. The minimum atomic E-state index is -0.826. The number of carbonyl (C=O) groups is 3. The van der Waals surface area contributed by atoms with E-state index >= 15 is 0 Å². The Bertz CT molecular complexity index is 743. The predicted octanol–water partition coefficient (Wildman–Crippen LogP) is 3.45. The van der Waals surface area contributed by atoms with Crippen molar-refractivity contribution >= 4 is 17.7 Å². The van der Waals surface area contributed by atoms with Crippen LogP contribution in [-0.4, -0.2) is 45.6 Å². The van der Waals surface area contributed by atoms with Crippen LogP contribution in [0.15, 0.2) is 24.3 Å². The number of piperazine rings is 1. The van der Waals surface area contributed by atoms with Crippen molar-refractivity contribution in [2.75, 3.05) is 6.54 Å². The third-order valence-corrected chi connectivity index (χ3v) is 6.61. The monoisotopic (exact) mass is 368 g/mol. The van der Waals surface area contributed by atoms with Gasteiger partial charge in [0.25, 0.3) is 11.8 Å². The van der Waals surface area contributed by atoms with E-state index in [-0.39, 0.29) is 30.3 Å². The van der Waals surface area contributed by atoms with E-state index in [1.54, 1.807) is 21.9 Å². The molecule has 0 aromatic heterocycles. The van der Waals surface area contributed by atoms with Crippen molar-refractivity contribution in [1.29, 1.82) is 0 Å². The van der Waals surface area contributed by atoms with Crippen molar-refractivity contribution in [3.8, 4) is 0 Å². The van der Waals surface area contributed by atoms with Crippen LogP contribution in [0, 0.1) is 6.92 Å². The van der Waals surface area contributed by atoms with Gasteiger partial charge in [-0.3, -0.25) is 19.3 Å². The molecule has 5 nitrogen and oxygen atoms in total. The minimum absolute atomic E-state index is 0.0212. The van der Waals surface area contributed by atoms with Gasteiger partial charge in [-0.2, -0.15) is 0 Å². The van der Waals surface area contributed by atoms with E-state index in [1.807, 2.05) is 19.1 Å². The second-order valence-electron chi connectivity index (χ2n) is 8.36. The molecule has 27 heavy (non-hydrogen) atoms. The van der Waals surface area contributed by atoms with Gasteiger partial charge in [-0.1, -0.05) is 49.8 Å². The second kappa shape index (κ2) is 7.10. The van der Waals surface area contributed by atoms with Crippen molar-refractivity contribution < 1.29 is 14.4 Å². The van der Waals surface area contributed by atoms with Crippen LogP contribution in [0.25, 0.3) is 0 Å². The summed E-state index contributed by atoms with van der Waals surface area (Å²) >= 11 is 0. The van der Waals surface area contributed by atoms with Crippen LogP contribution in [0.2, 0.25) is 0 Å². The summed E-state index contributed by atoms with van der Waals surface area (Å²) in [5, 5.41) is 0. The van der Waals surface area contributed by atoms with Crippen LogP contribution in [0.1, 0.15) is 73.7 Å². The number of carbonyl (C=O) groups excluding carboxylic acids is 3. The molecule has 0 unspecified atom stereocenters. The lowest BCUT2D eigenvalue weighted by molar-refractivity contribution is -0.164. The Hall–Kier alpha value is -2.17. The van der Waals surface area contributed by atoms with Crippen molar-refractivity contribution in [2.24, 2.45) is 0 Å². The van der Waals surface area contributed by atoms with Crippen LogP contribution in [0.5, 0.6) is 0 Å². The van der Waals surface area contributed by atoms with Gasteiger partial charge in [0.2, 0.25) is 5.91 Å². The van der Waals surface area contributed by atoms with Crippen molar-refractivity contribution in [3.63, 3.8) is 0 Å². The Labute approximate surface area is 160 Å². The molecule has 144 valence electrons. The van der Waals surface area contributed by atoms with Gasteiger partial charge < -0.3 is 4.90 Å². The SMILES string of the molecule is Cc1ccc(C(=O)N2CC(=O)N(C3CCCCC3)C(=O)C23CCCC3)cc1. The Balaban J connectivity index is 1.66. The molecule has 1 saturated heterocycles. The number of aryl methyl sites for hydroxylation is 1. The Kier molecular flexibility index (Phi) is 4.79. The molecule has 0 radical (unpaired) electrons. The van der Waals surface area contributed by atoms with E-state index in [2.05, 4.69) is 0 Å². The molecule has 3 fully saturated rings. The molecule has 0 bridgehead atoms. The first-order valence-corrected chi connectivity index (χ1v) is 10.3. The van der Waals surface area contributed by atoms with Crippen LogP contribution in [0.3, 0.4) is 0 Å². The average molecular weight is 368 g/mol.